The second-order valence-corrected chi connectivity index (χ2v) is 23.5. The van der Waals surface area contributed by atoms with E-state index in [-0.39, 0.29) is 16.7 Å². The number of esters is 4. The number of ether oxygens (including phenoxy) is 4. The summed E-state index contributed by atoms with van der Waals surface area (Å²) < 4.78 is 24.8. The van der Waals surface area contributed by atoms with Crippen molar-refractivity contribution in [1.82, 2.24) is 20.3 Å². The van der Waals surface area contributed by atoms with E-state index in [1.165, 1.54) is 32.4 Å². The van der Waals surface area contributed by atoms with Crippen LogP contribution in [0.4, 0.5) is 0 Å². The van der Waals surface area contributed by atoms with Gasteiger partial charge in [-0.25, -0.2) is 19.2 Å². The van der Waals surface area contributed by atoms with Crippen LogP contribution in [0.2, 0.25) is 0 Å². The van der Waals surface area contributed by atoms with E-state index in [2.05, 4.69) is 0 Å². The second-order valence-electron chi connectivity index (χ2n) is 23.5. The van der Waals surface area contributed by atoms with Crippen LogP contribution in [0, 0.1) is 0 Å². The minimum atomic E-state index is -0.978. The fourth-order valence-electron chi connectivity index (χ4n) is 11.2. The van der Waals surface area contributed by atoms with E-state index >= 15 is 0 Å². The molecule has 0 spiro atoms. The van der Waals surface area contributed by atoms with Crippen molar-refractivity contribution in [3.05, 3.63) is 34.4 Å². The van der Waals surface area contributed by atoms with Gasteiger partial charge in [0, 0.05) is 51.4 Å². The van der Waals surface area contributed by atoms with Gasteiger partial charge in [-0.2, -0.15) is 0 Å². The highest BCUT2D eigenvalue weighted by Gasteiger charge is 2.54. The zero-order chi connectivity index (χ0) is 47.1. The van der Waals surface area contributed by atoms with Gasteiger partial charge in [-0.3, -0.25) is 0 Å². The molecule has 1 aromatic carbocycles. The minimum Gasteiger partial charge on any atom is -0.459 e. The number of carbonyl (C=O) groups is 4. The lowest BCUT2D eigenvalue weighted by Crippen LogP contribution is -2.61. The lowest BCUT2D eigenvalue weighted by molar-refractivity contribution is -0.257. The smallest absolute Gasteiger partial charge is 0.340 e. The summed E-state index contributed by atoms with van der Waals surface area (Å²) in [6, 6.07) is 2.46. The Kier molecular flexibility index (Phi) is 13.1. The molecule has 1 aromatic rings. The molecule has 4 aliphatic rings. The van der Waals surface area contributed by atoms with Gasteiger partial charge in [-0.05, 0) is 123 Å². The lowest BCUT2D eigenvalue weighted by Gasteiger charge is -2.47. The van der Waals surface area contributed by atoms with Crippen LogP contribution in [0.1, 0.15) is 204 Å². The third-order valence-corrected chi connectivity index (χ3v) is 13.8. The molecular formula is C46H78N4O12+4. The number of hydrogen-bond donors (Lipinski definition) is 0. The maximum Gasteiger partial charge on any atom is 0.340 e. The number of piperidine rings is 4. The van der Waals surface area contributed by atoms with Gasteiger partial charge in [0.1, 0.15) is 24.4 Å². The number of rotatable bonds is 8. The molecule has 16 heteroatoms. The Balaban J connectivity index is 1.64. The molecule has 62 heavy (non-hydrogen) atoms. The second kappa shape index (κ2) is 16.3. The molecule has 0 saturated carbocycles. The van der Waals surface area contributed by atoms with Gasteiger partial charge in [-0.15, -0.1) is 0 Å². The van der Waals surface area contributed by atoms with E-state index in [0.29, 0.717) is 51.4 Å². The first-order valence-corrected chi connectivity index (χ1v) is 22.0. The summed E-state index contributed by atoms with van der Waals surface area (Å²) in [4.78, 5) is 58.7. The number of nitrogens with zero attached hydrogens (tertiary/aromatic N) is 4. The highest BCUT2D eigenvalue weighted by molar-refractivity contribution is 6.12. The number of carbonyl (C=O) groups excluding carboxylic acids is 4. The van der Waals surface area contributed by atoms with E-state index < -0.39 is 98.2 Å². The molecule has 0 aromatic heterocycles. The van der Waals surface area contributed by atoms with Gasteiger partial charge >= 0.3 is 23.9 Å². The number of benzene rings is 1. The van der Waals surface area contributed by atoms with Gasteiger partial charge in [0.25, 0.3) is 0 Å². The molecule has 0 radical (unpaired) electrons. The van der Waals surface area contributed by atoms with Gasteiger partial charge in [0.15, 0.2) is 0 Å². The molecule has 0 bridgehead atoms. The summed E-state index contributed by atoms with van der Waals surface area (Å²) in [5, 5.41) is 41.0. The van der Waals surface area contributed by atoms with Crippen LogP contribution in [0.15, 0.2) is 12.1 Å². The van der Waals surface area contributed by atoms with Crippen LogP contribution in [-0.4, -0.2) is 134 Å². The molecule has 0 amide bonds. The monoisotopic (exact) mass is 879 g/mol. The molecule has 4 heterocycles. The molecule has 0 atom stereocenters. The third-order valence-electron chi connectivity index (χ3n) is 13.8. The van der Waals surface area contributed by atoms with Crippen LogP contribution >= 0.6 is 0 Å². The lowest BCUT2D eigenvalue weighted by atomic mass is 9.80. The average Bonchev–Trinajstić information content (AvgIpc) is 3.09. The maximum absolute atomic E-state index is 14.8. The highest BCUT2D eigenvalue weighted by atomic mass is 16.6. The first-order chi connectivity index (χ1) is 27.9. The van der Waals surface area contributed by atoms with E-state index in [1.54, 1.807) is 0 Å². The van der Waals surface area contributed by atoms with Crippen molar-refractivity contribution in [3.63, 3.8) is 0 Å². The first kappa shape index (κ1) is 49.8. The van der Waals surface area contributed by atoms with Crippen molar-refractivity contribution >= 4 is 23.9 Å². The van der Waals surface area contributed by atoms with E-state index in [0.717, 1.165) is 0 Å². The van der Waals surface area contributed by atoms with E-state index in [1.807, 2.05) is 111 Å². The molecule has 0 unspecified atom stereocenters. The number of hydroxylamine groups is 8. The molecule has 0 aliphatic carbocycles. The van der Waals surface area contributed by atoms with Crippen molar-refractivity contribution in [2.45, 2.75) is 231 Å². The Bertz CT molecular complexity index is 1770. The Hall–Kier alpha value is -3.22. The molecule has 5 rings (SSSR count). The standard InChI is InChI=1S/C46H74N4O12/c1-39(2)19-28(20-40(3,4)47(39)55)59-35(51)27-17-32(36(52)60-29-21-41(5,6)48(56)42(7,8)22-29)34(38(54)62-31-25-45(13,14)50(58)46(15,16)26-31)33(18-27)37(53)61-30-23-43(9,10)49(57)44(11,12)24-30/h17-18,28-31,55-58H,19-26H2,1-16H3/p+4. The quantitative estimate of drug-likeness (QED) is 0.193. The molecule has 4 aliphatic heterocycles. The SMILES string of the molecule is CC1(C)CC(OC(=O)c2cc(C(=O)OC3CC(C)(C)N([OH2+])C(C)(C)C3)c(C(=O)OC3CC(C)(C)N([OH2+])C(C)(C)C3)c(C(=O)OC3CC(C)(C)N([OH2+])C(C)(C)C3)c2)CC(C)(C)N1[OH2+]. The van der Waals surface area contributed by atoms with Crippen molar-refractivity contribution in [3.8, 4) is 0 Å². The van der Waals surface area contributed by atoms with Crippen LogP contribution < -0.4 is 0 Å². The first-order valence-electron chi connectivity index (χ1n) is 22.0. The summed E-state index contributed by atoms with van der Waals surface area (Å²) in [6.45, 7) is 30.3. The van der Waals surface area contributed by atoms with Gasteiger partial charge in [0.2, 0.25) is 0 Å². The summed E-state index contributed by atoms with van der Waals surface area (Å²) in [5.74, 6) is -3.71. The molecular weight excluding hydrogens is 801 g/mol. The van der Waals surface area contributed by atoms with Crippen molar-refractivity contribution < 1.29 is 59.0 Å². The van der Waals surface area contributed by atoms with Gasteiger partial charge in [0.05, 0.1) is 66.6 Å². The van der Waals surface area contributed by atoms with Crippen molar-refractivity contribution in [1.29, 1.82) is 0 Å². The van der Waals surface area contributed by atoms with E-state index in [4.69, 9.17) is 39.8 Å². The summed E-state index contributed by atoms with van der Waals surface area (Å²) in [5.41, 5.74) is -6.71. The number of hydrogen-bond acceptors (Lipinski definition) is 12. The molecule has 4 saturated heterocycles. The molecule has 8 N–H and O–H groups in total. The van der Waals surface area contributed by atoms with Crippen LogP contribution in [-0.2, 0) is 18.9 Å². The van der Waals surface area contributed by atoms with Gasteiger partial charge in [-0.1, -0.05) is 20.3 Å². The normalized spacial score (nSPS) is 26.6. The molecule has 4 fully saturated rings. The largest absolute Gasteiger partial charge is 0.459 e. The fraction of sp³-hybridized carbons (Fsp3) is 0.783. The topological polar surface area (TPSA) is 210 Å². The highest BCUT2D eigenvalue weighted by Crippen LogP contribution is 2.43. The summed E-state index contributed by atoms with van der Waals surface area (Å²) in [6.07, 6.45) is -0.180. The van der Waals surface area contributed by atoms with Crippen LogP contribution in [0.25, 0.3) is 0 Å². The van der Waals surface area contributed by atoms with Crippen LogP contribution in [0.3, 0.4) is 0 Å². The van der Waals surface area contributed by atoms with E-state index in [9.17, 15) is 19.2 Å². The van der Waals surface area contributed by atoms with Crippen molar-refractivity contribution in [2.24, 2.45) is 0 Å². The summed E-state index contributed by atoms with van der Waals surface area (Å²) >= 11 is 0. The fourth-order valence-corrected chi connectivity index (χ4v) is 11.2. The third kappa shape index (κ3) is 10.0. The average molecular weight is 879 g/mol. The zero-order valence-corrected chi connectivity index (χ0v) is 40.2. The Morgan fingerprint density at radius 2 is 0.581 bits per heavy atom. The predicted octanol–water partition coefficient (Wildman–Crippen LogP) is 4.96. The minimum absolute atomic E-state index is 0.169. The predicted molar refractivity (Wildman–Crippen MR) is 235 cm³/mol. The summed E-state index contributed by atoms with van der Waals surface area (Å²) in [7, 11) is 0. The van der Waals surface area contributed by atoms with Crippen molar-refractivity contribution in [2.75, 3.05) is 0 Å². The van der Waals surface area contributed by atoms with Gasteiger partial charge < -0.3 is 39.8 Å². The van der Waals surface area contributed by atoms with Crippen LogP contribution in [0.5, 0.6) is 0 Å². The molecule has 350 valence electrons. The molecule has 16 nitrogen and oxygen atoms in total. The Labute approximate surface area is 367 Å². The maximum atomic E-state index is 14.8. The zero-order valence-electron chi connectivity index (χ0n) is 40.2. The Morgan fingerprint density at radius 3 is 0.806 bits per heavy atom. The Morgan fingerprint density at radius 1 is 0.387 bits per heavy atom.